The molecule has 2 N–H and O–H groups in total. The molecule has 0 spiro atoms. The van der Waals surface area contributed by atoms with Crippen LogP contribution in [0.3, 0.4) is 0 Å². The average Bonchev–Trinajstić information content (AvgIpc) is 2.62. The average molecular weight is 232 g/mol. The number of anilines is 1. The standard InChI is InChI=1S/C12H16N4O/c1-8-4-5-10(13)11(6-8)17-7-12-15-14-9(2)16(12)3/h4-6H,7,13H2,1-3H3. The van der Waals surface area contributed by atoms with Crippen molar-refractivity contribution in [2.24, 2.45) is 7.05 Å². The van der Waals surface area contributed by atoms with Crippen LogP contribution in [0.15, 0.2) is 18.2 Å². The van der Waals surface area contributed by atoms with Gasteiger partial charge in [0.2, 0.25) is 0 Å². The molecule has 90 valence electrons. The van der Waals surface area contributed by atoms with E-state index in [1.54, 1.807) is 0 Å². The molecule has 1 heterocycles. The van der Waals surface area contributed by atoms with Crippen LogP contribution >= 0.6 is 0 Å². The Morgan fingerprint density at radius 3 is 2.71 bits per heavy atom. The van der Waals surface area contributed by atoms with E-state index in [1.807, 2.05) is 43.7 Å². The second-order valence-corrected chi connectivity index (χ2v) is 4.05. The zero-order valence-electron chi connectivity index (χ0n) is 10.3. The van der Waals surface area contributed by atoms with E-state index in [1.165, 1.54) is 0 Å². The van der Waals surface area contributed by atoms with Crippen LogP contribution in [-0.2, 0) is 13.7 Å². The first-order valence-corrected chi connectivity index (χ1v) is 5.41. The van der Waals surface area contributed by atoms with E-state index in [-0.39, 0.29) is 0 Å². The van der Waals surface area contributed by atoms with Crippen molar-refractivity contribution in [3.63, 3.8) is 0 Å². The third-order valence-electron chi connectivity index (χ3n) is 2.71. The Morgan fingerprint density at radius 2 is 2.06 bits per heavy atom. The van der Waals surface area contributed by atoms with Crippen LogP contribution in [0.5, 0.6) is 5.75 Å². The number of nitrogens with two attached hydrogens (primary N) is 1. The second kappa shape index (κ2) is 4.45. The van der Waals surface area contributed by atoms with Gasteiger partial charge in [-0.3, -0.25) is 0 Å². The quantitative estimate of drug-likeness (QED) is 0.816. The van der Waals surface area contributed by atoms with Crippen molar-refractivity contribution in [1.82, 2.24) is 14.8 Å². The molecule has 1 aromatic heterocycles. The number of benzene rings is 1. The van der Waals surface area contributed by atoms with Crippen LogP contribution in [0, 0.1) is 13.8 Å². The molecule has 0 saturated carbocycles. The van der Waals surface area contributed by atoms with Gasteiger partial charge in [0.05, 0.1) is 5.69 Å². The number of hydrogen-bond donors (Lipinski definition) is 1. The third kappa shape index (κ3) is 2.38. The summed E-state index contributed by atoms with van der Waals surface area (Å²) in [6.07, 6.45) is 0. The molecule has 0 fully saturated rings. The number of nitrogen functional groups attached to an aromatic ring is 1. The first-order chi connectivity index (χ1) is 8.08. The number of aromatic nitrogens is 3. The van der Waals surface area contributed by atoms with Crippen LogP contribution < -0.4 is 10.5 Å². The van der Waals surface area contributed by atoms with Gasteiger partial charge in [0.15, 0.2) is 5.82 Å². The van der Waals surface area contributed by atoms with Crippen molar-refractivity contribution in [3.05, 3.63) is 35.4 Å². The molecule has 0 unspecified atom stereocenters. The van der Waals surface area contributed by atoms with E-state index < -0.39 is 0 Å². The van der Waals surface area contributed by atoms with Crippen LogP contribution in [-0.4, -0.2) is 14.8 Å². The van der Waals surface area contributed by atoms with E-state index in [4.69, 9.17) is 10.5 Å². The first kappa shape index (κ1) is 11.4. The molecule has 2 rings (SSSR count). The maximum Gasteiger partial charge on any atom is 0.170 e. The van der Waals surface area contributed by atoms with E-state index in [0.717, 1.165) is 17.2 Å². The predicted octanol–water partition coefficient (Wildman–Crippen LogP) is 1.59. The highest BCUT2D eigenvalue weighted by Crippen LogP contribution is 2.23. The summed E-state index contributed by atoms with van der Waals surface area (Å²) in [5.41, 5.74) is 7.58. The summed E-state index contributed by atoms with van der Waals surface area (Å²) >= 11 is 0. The number of nitrogens with zero attached hydrogens (tertiary/aromatic N) is 3. The highest BCUT2D eigenvalue weighted by atomic mass is 16.5. The molecule has 0 aliphatic carbocycles. The third-order valence-corrected chi connectivity index (χ3v) is 2.71. The van der Waals surface area contributed by atoms with E-state index in [0.29, 0.717) is 18.0 Å². The van der Waals surface area contributed by atoms with E-state index in [2.05, 4.69) is 10.2 Å². The van der Waals surface area contributed by atoms with Crippen molar-refractivity contribution >= 4 is 5.69 Å². The van der Waals surface area contributed by atoms with Crippen molar-refractivity contribution in [2.45, 2.75) is 20.5 Å². The van der Waals surface area contributed by atoms with Gasteiger partial charge in [-0.05, 0) is 31.5 Å². The van der Waals surface area contributed by atoms with Gasteiger partial charge in [-0.25, -0.2) is 0 Å². The molecule has 0 amide bonds. The Bertz CT molecular complexity index is 533. The zero-order chi connectivity index (χ0) is 12.4. The topological polar surface area (TPSA) is 66.0 Å². The second-order valence-electron chi connectivity index (χ2n) is 4.05. The van der Waals surface area contributed by atoms with Crippen molar-refractivity contribution in [3.8, 4) is 5.75 Å². The zero-order valence-corrected chi connectivity index (χ0v) is 10.3. The molecule has 0 bridgehead atoms. The van der Waals surface area contributed by atoms with Gasteiger partial charge in [0, 0.05) is 7.05 Å². The molecular weight excluding hydrogens is 216 g/mol. The highest BCUT2D eigenvalue weighted by molar-refractivity contribution is 5.53. The normalized spacial score (nSPS) is 10.5. The highest BCUT2D eigenvalue weighted by Gasteiger charge is 2.07. The molecule has 0 aliphatic rings. The van der Waals surface area contributed by atoms with Crippen molar-refractivity contribution in [2.75, 3.05) is 5.73 Å². The number of ether oxygens (including phenoxy) is 1. The molecule has 5 heteroatoms. The Kier molecular flexibility index (Phi) is 2.99. The summed E-state index contributed by atoms with van der Waals surface area (Å²) in [4.78, 5) is 0. The van der Waals surface area contributed by atoms with Crippen LogP contribution in [0.25, 0.3) is 0 Å². The summed E-state index contributed by atoms with van der Waals surface area (Å²) in [7, 11) is 1.91. The fourth-order valence-corrected chi connectivity index (χ4v) is 1.49. The lowest BCUT2D eigenvalue weighted by Gasteiger charge is -2.09. The number of aryl methyl sites for hydroxylation is 2. The van der Waals surface area contributed by atoms with Crippen LogP contribution in [0.1, 0.15) is 17.2 Å². The minimum absolute atomic E-state index is 0.366. The van der Waals surface area contributed by atoms with Crippen molar-refractivity contribution < 1.29 is 4.74 Å². The number of rotatable bonds is 3. The van der Waals surface area contributed by atoms with E-state index in [9.17, 15) is 0 Å². The fourth-order valence-electron chi connectivity index (χ4n) is 1.49. The van der Waals surface area contributed by atoms with Crippen LogP contribution in [0.2, 0.25) is 0 Å². The smallest absolute Gasteiger partial charge is 0.170 e. The molecule has 0 radical (unpaired) electrons. The minimum atomic E-state index is 0.366. The fraction of sp³-hybridized carbons (Fsp3) is 0.333. The largest absolute Gasteiger partial charge is 0.483 e. The van der Waals surface area contributed by atoms with Gasteiger partial charge in [0.25, 0.3) is 0 Å². The summed E-state index contributed by atoms with van der Waals surface area (Å²) in [6.45, 7) is 4.27. The number of hydrogen-bond acceptors (Lipinski definition) is 4. The van der Waals surface area contributed by atoms with Gasteiger partial charge < -0.3 is 15.0 Å². The Morgan fingerprint density at radius 1 is 1.29 bits per heavy atom. The lowest BCUT2D eigenvalue weighted by Crippen LogP contribution is -2.05. The summed E-state index contributed by atoms with van der Waals surface area (Å²) in [5.74, 6) is 2.33. The Hall–Kier alpha value is -2.04. The Labute approximate surface area is 100 Å². The van der Waals surface area contributed by atoms with Crippen molar-refractivity contribution in [1.29, 1.82) is 0 Å². The molecule has 0 atom stereocenters. The maximum absolute atomic E-state index is 5.83. The summed E-state index contributed by atoms with van der Waals surface area (Å²) < 4.78 is 7.54. The SMILES string of the molecule is Cc1ccc(N)c(OCc2nnc(C)n2C)c1. The monoisotopic (exact) mass is 232 g/mol. The lowest BCUT2D eigenvalue weighted by molar-refractivity contribution is 0.292. The molecule has 1 aromatic carbocycles. The maximum atomic E-state index is 5.83. The Balaban J connectivity index is 2.12. The van der Waals surface area contributed by atoms with Gasteiger partial charge >= 0.3 is 0 Å². The summed E-state index contributed by atoms with van der Waals surface area (Å²) in [6, 6.07) is 5.71. The molecule has 5 nitrogen and oxygen atoms in total. The predicted molar refractivity (Wildman–Crippen MR) is 65.7 cm³/mol. The molecular formula is C12H16N4O. The first-order valence-electron chi connectivity index (χ1n) is 5.41. The summed E-state index contributed by atoms with van der Waals surface area (Å²) in [5, 5.41) is 8.00. The van der Waals surface area contributed by atoms with Gasteiger partial charge in [-0.2, -0.15) is 0 Å². The van der Waals surface area contributed by atoms with E-state index >= 15 is 0 Å². The molecule has 17 heavy (non-hydrogen) atoms. The molecule has 0 saturated heterocycles. The molecule has 0 aliphatic heterocycles. The lowest BCUT2D eigenvalue weighted by atomic mass is 10.2. The minimum Gasteiger partial charge on any atom is -0.483 e. The van der Waals surface area contributed by atoms with Gasteiger partial charge in [-0.15, -0.1) is 10.2 Å². The van der Waals surface area contributed by atoms with Crippen LogP contribution in [0.4, 0.5) is 5.69 Å². The van der Waals surface area contributed by atoms with Gasteiger partial charge in [-0.1, -0.05) is 6.07 Å². The molecule has 2 aromatic rings. The van der Waals surface area contributed by atoms with Gasteiger partial charge in [0.1, 0.15) is 18.2 Å².